The van der Waals surface area contributed by atoms with Gasteiger partial charge in [0.15, 0.2) is 11.5 Å². The van der Waals surface area contributed by atoms with Crippen LogP contribution in [0.2, 0.25) is 0 Å². The maximum absolute atomic E-state index is 13.1. The Balaban J connectivity index is 1.20. The Labute approximate surface area is 187 Å². The van der Waals surface area contributed by atoms with Crippen LogP contribution in [0.5, 0.6) is 11.5 Å². The third-order valence-corrected chi connectivity index (χ3v) is 6.25. The lowest BCUT2D eigenvalue weighted by molar-refractivity contribution is -0.135. The number of nitrogens with zero attached hydrogens (tertiary/aromatic N) is 3. The average molecular weight is 437 g/mol. The van der Waals surface area contributed by atoms with Gasteiger partial charge in [0, 0.05) is 57.1 Å². The quantitative estimate of drug-likeness (QED) is 0.715. The van der Waals surface area contributed by atoms with Gasteiger partial charge in [0.05, 0.1) is 19.1 Å². The van der Waals surface area contributed by atoms with Crippen molar-refractivity contribution >= 4 is 23.2 Å². The minimum atomic E-state index is -0.356. The summed E-state index contributed by atoms with van der Waals surface area (Å²) in [6.45, 7) is 4.37. The molecule has 1 unspecified atom stereocenters. The molecule has 0 spiro atoms. The molecule has 8 heteroatoms. The van der Waals surface area contributed by atoms with Gasteiger partial charge >= 0.3 is 0 Å². The molecule has 0 N–H and O–H groups in total. The van der Waals surface area contributed by atoms with E-state index in [0.717, 1.165) is 37.6 Å². The smallest absolute Gasteiger partial charge is 0.231 e. The van der Waals surface area contributed by atoms with Crippen LogP contribution in [0.4, 0.5) is 11.4 Å². The molecule has 5 rings (SSSR count). The molecule has 2 aromatic rings. The van der Waals surface area contributed by atoms with Crippen molar-refractivity contribution in [3.63, 3.8) is 0 Å². The van der Waals surface area contributed by atoms with Gasteiger partial charge < -0.3 is 28.9 Å². The number of ether oxygens (including phenoxy) is 3. The molecule has 3 aliphatic rings. The number of rotatable bonds is 5. The van der Waals surface area contributed by atoms with Crippen molar-refractivity contribution in [2.75, 3.05) is 56.5 Å². The Morgan fingerprint density at radius 2 is 1.75 bits per heavy atom. The van der Waals surface area contributed by atoms with Crippen molar-refractivity contribution in [3.8, 4) is 11.5 Å². The van der Waals surface area contributed by atoms with Crippen LogP contribution in [0.25, 0.3) is 0 Å². The van der Waals surface area contributed by atoms with Crippen molar-refractivity contribution in [1.82, 2.24) is 4.90 Å². The fraction of sp³-hybridized carbons (Fsp3) is 0.417. The minimum Gasteiger partial charge on any atom is -0.454 e. The standard InChI is InChI=1S/C24H27N3O5/c1-25(14-17-2-4-19(5-3-17)26-8-10-30-11-9-26)24(29)18-12-23(28)27(15-18)20-6-7-21-22(13-20)32-16-31-21/h2-7,13,18H,8-12,14-16H2,1H3. The zero-order valence-electron chi connectivity index (χ0n) is 18.2. The van der Waals surface area contributed by atoms with E-state index in [0.29, 0.717) is 24.6 Å². The largest absolute Gasteiger partial charge is 0.454 e. The van der Waals surface area contributed by atoms with E-state index in [1.165, 1.54) is 5.69 Å². The Hall–Kier alpha value is -3.26. The molecule has 32 heavy (non-hydrogen) atoms. The summed E-state index contributed by atoms with van der Waals surface area (Å²) in [5.41, 5.74) is 2.97. The Bertz CT molecular complexity index is 1000. The second kappa shape index (κ2) is 8.70. The Morgan fingerprint density at radius 1 is 1.03 bits per heavy atom. The van der Waals surface area contributed by atoms with E-state index in [9.17, 15) is 9.59 Å². The maximum atomic E-state index is 13.1. The average Bonchev–Trinajstić information content (AvgIpc) is 3.45. The van der Waals surface area contributed by atoms with E-state index in [1.807, 2.05) is 6.07 Å². The van der Waals surface area contributed by atoms with Crippen molar-refractivity contribution in [2.45, 2.75) is 13.0 Å². The number of anilines is 2. The number of carbonyl (C=O) groups is 2. The highest BCUT2D eigenvalue weighted by Gasteiger charge is 2.37. The van der Waals surface area contributed by atoms with Gasteiger partial charge in [-0.05, 0) is 29.8 Å². The summed E-state index contributed by atoms with van der Waals surface area (Å²) in [6.07, 6.45) is 0.216. The fourth-order valence-electron chi connectivity index (χ4n) is 4.47. The molecule has 2 saturated heterocycles. The lowest BCUT2D eigenvalue weighted by Gasteiger charge is -2.29. The van der Waals surface area contributed by atoms with Crippen LogP contribution in [0.3, 0.4) is 0 Å². The molecule has 0 aliphatic carbocycles. The second-order valence-corrected chi connectivity index (χ2v) is 8.40. The van der Waals surface area contributed by atoms with Crippen molar-refractivity contribution in [2.24, 2.45) is 5.92 Å². The molecule has 0 saturated carbocycles. The molecule has 0 radical (unpaired) electrons. The highest BCUT2D eigenvalue weighted by molar-refractivity contribution is 6.00. The first-order valence-electron chi connectivity index (χ1n) is 10.9. The van der Waals surface area contributed by atoms with E-state index in [1.54, 1.807) is 29.0 Å². The molecule has 2 fully saturated rings. The van der Waals surface area contributed by atoms with Crippen molar-refractivity contribution < 1.29 is 23.8 Å². The fourth-order valence-corrected chi connectivity index (χ4v) is 4.47. The molecule has 2 aromatic carbocycles. The second-order valence-electron chi connectivity index (χ2n) is 8.40. The van der Waals surface area contributed by atoms with E-state index in [2.05, 4.69) is 29.2 Å². The van der Waals surface area contributed by atoms with E-state index in [4.69, 9.17) is 14.2 Å². The number of fused-ring (bicyclic) bond motifs is 1. The first-order chi connectivity index (χ1) is 15.6. The van der Waals surface area contributed by atoms with Gasteiger partial charge in [0.1, 0.15) is 0 Å². The summed E-state index contributed by atoms with van der Waals surface area (Å²) in [4.78, 5) is 31.4. The summed E-state index contributed by atoms with van der Waals surface area (Å²) in [5, 5.41) is 0. The van der Waals surface area contributed by atoms with Crippen LogP contribution >= 0.6 is 0 Å². The lowest BCUT2D eigenvalue weighted by atomic mass is 10.1. The zero-order valence-corrected chi connectivity index (χ0v) is 18.2. The van der Waals surface area contributed by atoms with E-state index in [-0.39, 0.29) is 30.9 Å². The number of carbonyl (C=O) groups excluding carboxylic acids is 2. The van der Waals surface area contributed by atoms with Crippen LogP contribution in [0.1, 0.15) is 12.0 Å². The molecular formula is C24H27N3O5. The third-order valence-electron chi connectivity index (χ3n) is 6.25. The Kier molecular flexibility index (Phi) is 5.61. The topological polar surface area (TPSA) is 71.6 Å². The van der Waals surface area contributed by atoms with Gasteiger partial charge in [0.2, 0.25) is 18.6 Å². The number of benzene rings is 2. The normalized spacial score (nSPS) is 20.0. The van der Waals surface area contributed by atoms with E-state index >= 15 is 0 Å². The summed E-state index contributed by atoms with van der Waals surface area (Å²) in [5.74, 6) is 0.880. The first-order valence-corrected chi connectivity index (χ1v) is 10.9. The van der Waals surface area contributed by atoms with Crippen LogP contribution < -0.4 is 19.3 Å². The van der Waals surface area contributed by atoms with Crippen molar-refractivity contribution in [1.29, 1.82) is 0 Å². The van der Waals surface area contributed by atoms with Gasteiger partial charge in [-0.15, -0.1) is 0 Å². The highest BCUT2D eigenvalue weighted by Crippen LogP contribution is 2.37. The van der Waals surface area contributed by atoms with Crippen LogP contribution in [0, 0.1) is 5.92 Å². The molecular weight excluding hydrogens is 410 g/mol. The molecule has 2 amide bonds. The molecule has 1 atom stereocenters. The molecule has 8 nitrogen and oxygen atoms in total. The highest BCUT2D eigenvalue weighted by atomic mass is 16.7. The third kappa shape index (κ3) is 4.10. The summed E-state index contributed by atoms with van der Waals surface area (Å²) >= 11 is 0. The predicted octanol–water partition coefficient (Wildman–Crippen LogP) is 2.26. The van der Waals surface area contributed by atoms with Crippen LogP contribution in [0.15, 0.2) is 42.5 Å². The summed E-state index contributed by atoms with van der Waals surface area (Å²) in [6, 6.07) is 13.7. The monoisotopic (exact) mass is 437 g/mol. The first kappa shape index (κ1) is 20.6. The predicted molar refractivity (Wildman–Crippen MR) is 119 cm³/mol. The summed E-state index contributed by atoms with van der Waals surface area (Å²) < 4.78 is 16.2. The van der Waals surface area contributed by atoms with Gasteiger partial charge in [-0.3, -0.25) is 9.59 Å². The van der Waals surface area contributed by atoms with Gasteiger partial charge in [-0.2, -0.15) is 0 Å². The molecule has 3 aliphatic heterocycles. The number of morpholine rings is 1. The van der Waals surface area contributed by atoms with Crippen molar-refractivity contribution in [3.05, 3.63) is 48.0 Å². The zero-order chi connectivity index (χ0) is 22.1. The lowest BCUT2D eigenvalue weighted by Crippen LogP contribution is -2.36. The molecule has 0 aromatic heterocycles. The maximum Gasteiger partial charge on any atom is 0.231 e. The number of amides is 2. The number of hydrogen-bond donors (Lipinski definition) is 0. The Morgan fingerprint density at radius 3 is 2.53 bits per heavy atom. The SMILES string of the molecule is CN(Cc1ccc(N2CCOCC2)cc1)C(=O)C1CC(=O)N(c2ccc3c(c2)OCO3)C1. The molecule has 168 valence electrons. The molecule has 0 bridgehead atoms. The van der Waals surface area contributed by atoms with Gasteiger partial charge in [-0.1, -0.05) is 12.1 Å². The molecule has 3 heterocycles. The van der Waals surface area contributed by atoms with Gasteiger partial charge in [-0.25, -0.2) is 0 Å². The van der Waals surface area contributed by atoms with Crippen LogP contribution in [-0.4, -0.2) is 63.4 Å². The van der Waals surface area contributed by atoms with Gasteiger partial charge in [0.25, 0.3) is 0 Å². The van der Waals surface area contributed by atoms with E-state index < -0.39 is 0 Å². The summed E-state index contributed by atoms with van der Waals surface area (Å²) in [7, 11) is 1.80. The minimum absolute atomic E-state index is 0.0150. The number of hydrogen-bond acceptors (Lipinski definition) is 6. The van der Waals surface area contributed by atoms with Crippen LogP contribution in [-0.2, 0) is 20.9 Å².